The molecule has 0 bridgehead atoms. The summed E-state index contributed by atoms with van der Waals surface area (Å²) in [6.45, 7) is 0. The summed E-state index contributed by atoms with van der Waals surface area (Å²) in [5.41, 5.74) is -0.0619. The van der Waals surface area contributed by atoms with Gasteiger partial charge in [-0.15, -0.1) is 11.3 Å². The minimum atomic E-state index is -0.751. The number of benzene rings is 2. The van der Waals surface area contributed by atoms with Crippen LogP contribution in [-0.4, -0.2) is 10.9 Å². The highest BCUT2D eigenvalue weighted by Crippen LogP contribution is 2.22. The SMILES string of the molecule is O=C(Nc1nccs1)c1cc2cc(Cl)ccc2oc1=Nc1cc(F)ccc1F. The van der Waals surface area contributed by atoms with Gasteiger partial charge in [0.2, 0.25) is 5.55 Å². The molecule has 4 rings (SSSR count). The second-order valence-corrected chi connectivity index (χ2v) is 6.98. The van der Waals surface area contributed by atoms with Crippen molar-refractivity contribution in [1.29, 1.82) is 0 Å². The van der Waals surface area contributed by atoms with E-state index >= 15 is 0 Å². The average Bonchev–Trinajstić information content (AvgIpc) is 3.17. The Kier molecular flexibility index (Phi) is 4.89. The zero-order chi connectivity index (χ0) is 19.7. The van der Waals surface area contributed by atoms with Crippen molar-refractivity contribution >= 4 is 50.6 Å². The molecular weight excluding hydrogens is 408 g/mol. The third-order valence-electron chi connectivity index (χ3n) is 3.74. The molecule has 0 unspecified atom stereocenters. The van der Waals surface area contributed by atoms with E-state index in [1.165, 1.54) is 23.6 Å². The molecule has 2 aromatic heterocycles. The summed E-state index contributed by atoms with van der Waals surface area (Å²) in [6, 6.07) is 9.18. The molecule has 0 radical (unpaired) electrons. The van der Waals surface area contributed by atoms with E-state index in [9.17, 15) is 13.6 Å². The molecule has 1 amide bonds. The Balaban J connectivity index is 1.92. The quantitative estimate of drug-likeness (QED) is 0.491. The number of hydrogen-bond acceptors (Lipinski definition) is 5. The standard InChI is InChI=1S/C19H10ClF2N3O2S/c20-11-1-4-16-10(7-11)8-13(17(26)25-19-23-5-6-28-19)18(27-16)24-15-9-12(21)2-3-14(15)22/h1-9H,(H,23,25,26). The smallest absolute Gasteiger partial charge is 0.262 e. The van der Waals surface area contributed by atoms with Gasteiger partial charge in [-0.1, -0.05) is 11.6 Å². The number of halogens is 3. The normalized spacial score (nSPS) is 11.8. The summed E-state index contributed by atoms with van der Waals surface area (Å²) in [7, 11) is 0. The summed E-state index contributed by atoms with van der Waals surface area (Å²) < 4.78 is 33.2. The number of carbonyl (C=O) groups excluding carboxylic acids is 1. The van der Waals surface area contributed by atoms with Gasteiger partial charge >= 0.3 is 0 Å². The van der Waals surface area contributed by atoms with Gasteiger partial charge in [-0.05, 0) is 36.4 Å². The lowest BCUT2D eigenvalue weighted by atomic mass is 10.1. The lowest BCUT2D eigenvalue weighted by molar-refractivity contribution is 0.102. The predicted octanol–water partition coefficient (Wildman–Crippen LogP) is 5.31. The topological polar surface area (TPSA) is 67.5 Å². The van der Waals surface area contributed by atoms with Crippen LogP contribution in [0.2, 0.25) is 5.02 Å². The Morgan fingerprint density at radius 1 is 1.18 bits per heavy atom. The van der Waals surface area contributed by atoms with E-state index in [1.807, 2.05) is 0 Å². The maximum Gasteiger partial charge on any atom is 0.262 e. The van der Waals surface area contributed by atoms with E-state index in [-0.39, 0.29) is 16.8 Å². The molecule has 0 saturated carbocycles. The lowest BCUT2D eigenvalue weighted by Gasteiger charge is -2.06. The molecule has 0 spiro atoms. The monoisotopic (exact) mass is 417 g/mol. The predicted molar refractivity (Wildman–Crippen MR) is 103 cm³/mol. The Bertz CT molecular complexity index is 1260. The van der Waals surface area contributed by atoms with Crippen LogP contribution in [-0.2, 0) is 0 Å². The Morgan fingerprint density at radius 2 is 2.04 bits per heavy atom. The molecule has 0 aliphatic carbocycles. The van der Waals surface area contributed by atoms with Crippen LogP contribution in [0.25, 0.3) is 11.0 Å². The second kappa shape index (κ2) is 7.49. The van der Waals surface area contributed by atoms with Gasteiger partial charge in [-0.3, -0.25) is 10.1 Å². The molecule has 28 heavy (non-hydrogen) atoms. The number of hydrogen-bond donors (Lipinski definition) is 1. The zero-order valence-corrected chi connectivity index (χ0v) is 15.5. The maximum absolute atomic E-state index is 14.0. The Morgan fingerprint density at radius 3 is 2.82 bits per heavy atom. The highest BCUT2D eigenvalue weighted by molar-refractivity contribution is 7.13. The first-order valence-electron chi connectivity index (χ1n) is 7.93. The van der Waals surface area contributed by atoms with Crippen LogP contribution in [0.1, 0.15) is 10.4 Å². The first kappa shape index (κ1) is 18.3. The summed E-state index contributed by atoms with van der Waals surface area (Å²) in [5, 5.41) is 5.70. The molecule has 4 aromatic rings. The molecule has 2 heterocycles. The summed E-state index contributed by atoms with van der Waals surface area (Å²) in [4.78, 5) is 20.8. The van der Waals surface area contributed by atoms with Gasteiger partial charge in [0.1, 0.15) is 28.5 Å². The molecule has 2 aromatic carbocycles. The summed E-state index contributed by atoms with van der Waals surface area (Å²) >= 11 is 7.24. The zero-order valence-electron chi connectivity index (χ0n) is 13.9. The van der Waals surface area contributed by atoms with Gasteiger partial charge in [0.15, 0.2) is 5.13 Å². The maximum atomic E-state index is 14.0. The molecule has 0 aliphatic heterocycles. The van der Waals surface area contributed by atoms with Crippen LogP contribution >= 0.6 is 22.9 Å². The van der Waals surface area contributed by atoms with Crippen molar-refractivity contribution in [2.24, 2.45) is 4.99 Å². The van der Waals surface area contributed by atoms with Crippen molar-refractivity contribution in [3.05, 3.63) is 81.8 Å². The van der Waals surface area contributed by atoms with Gasteiger partial charge in [-0.25, -0.2) is 18.8 Å². The molecule has 1 N–H and O–H groups in total. The fourth-order valence-electron chi connectivity index (χ4n) is 2.48. The summed E-state index contributed by atoms with van der Waals surface area (Å²) in [5.74, 6) is -1.98. The van der Waals surface area contributed by atoms with Crippen molar-refractivity contribution in [2.45, 2.75) is 0 Å². The van der Waals surface area contributed by atoms with E-state index in [1.54, 1.807) is 23.6 Å². The molecular formula is C19H10ClF2N3O2S. The highest BCUT2D eigenvalue weighted by Gasteiger charge is 2.15. The third kappa shape index (κ3) is 3.78. The van der Waals surface area contributed by atoms with E-state index in [2.05, 4.69) is 15.3 Å². The Labute approximate surface area is 165 Å². The van der Waals surface area contributed by atoms with Crippen molar-refractivity contribution < 1.29 is 18.0 Å². The van der Waals surface area contributed by atoms with Crippen LogP contribution in [0.5, 0.6) is 0 Å². The van der Waals surface area contributed by atoms with Crippen molar-refractivity contribution in [3.63, 3.8) is 0 Å². The number of thiazole rings is 1. The van der Waals surface area contributed by atoms with Crippen molar-refractivity contribution in [2.75, 3.05) is 5.32 Å². The Hall–Kier alpha value is -3.10. The van der Waals surface area contributed by atoms with E-state index in [0.717, 1.165) is 18.2 Å². The molecule has 9 heteroatoms. The number of nitrogens with zero attached hydrogens (tertiary/aromatic N) is 2. The fourth-order valence-corrected chi connectivity index (χ4v) is 3.18. The largest absolute Gasteiger partial charge is 0.438 e. The van der Waals surface area contributed by atoms with Crippen LogP contribution in [0.4, 0.5) is 19.6 Å². The first-order valence-corrected chi connectivity index (χ1v) is 9.19. The lowest BCUT2D eigenvalue weighted by Crippen LogP contribution is -2.21. The highest BCUT2D eigenvalue weighted by atomic mass is 35.5. The molecule has 0 atom stereocenters. The van der Waals surface area contributed by atoms with Gasteiger partial charge in [0.05, 0.1) is 0 Å². The van der Waals surface area contributed by atoms with Crippen molar-refractivity contribution in [3.8, 4) is 0 Å². The van der Waals surface area contributed by atoms with Gasteiger partial charge in [0, 0.05) is 28.1 Å². The van der Waals surface area contributed by atoms with Gasteiger partial charge in [0.25, 0.3) is 5.91 Å². The van der Waals surface area contributed by atoms with Crippen LogP contribution in [0.3, 0.4) is 0 Å². The minimum absolute atomic E-state index is 0.0219. The number of anilines is 1. The molecule has 140 valence electrons. The molecule has 5 nitrogen and oxygen atoms in total. The first-order chi connectivity index (χ1) is 13.5. The van der Waals surface area contributed by atoms with Crippen LogP contribution in [0, 0.1) is 11.6 Å². The van der Waals surface area contributed by atoms with E-state index < -0.39 is 17.5 Å². The number of rotatable bonds is 3. The third-order valence-corrected chi connectivity index (χ3v) is 4.66. The number of carbonyl (C=O) groups is 1. The number of aromatic nitrogens is 1. The van der Waals surface area contributed by atoms with Crippen LogP contribution in [0.15, 0.2) is 63.5 Å². The number of fused-ring (bicyclic) bond motifs is 1. The van der Waals surface area contributed by atoms with Gasteiger partial charge < -0.3 is 4.42 Å². The fraction of sp³-hybridized carbons (Fsp3) is 0. The van der Waals surface area contributed by atoms with E-state index in [0.29, 0.717) is 21.1 Å². The number of nitrogens with one attached hydrogen (secondary N) is 1. The van der Waals surface area contributed by atoms with E-state index in [4.69, 9.17) is 16.0 Å². The van der Waals surface area contributed by atoms with Crippen molar-refractivity contribution in [1.82, 2.24) is 4.98 Å². The average molecular weight is 418 g/mol. The molecule has 0 saturated heterocycles. The number of amides is 1. The summed E-state index contributed by atoms with van der Waals surface area (Å²) in [6.07, 6.45) is 1.54. The van der Waals surface area contributed by atoms with Crippen LogP contribution < -0.4 is 10.9 Å². The van der Waals surface area contributed by atoms with Gasteiger partial charge in [-0.2, -0.15) is 0 Å². The minimum Gasteiger partial charge on any atom is -0.438 e. The molecule has 0 fully saturated rings. The molecule has 0 aliphatic rings. The second-order valence-electron chi connectivity index (χ2n) is 5.65.